The van der Waals surface area contributed by atoms with E-state index >= 15 is 0 Å². The van der Waals surface area contributed by atoms with Crippen LogP contribution in [-0.4, -0.2) is 25.3 Å². The van der Waals surface area contributed by atoms with Crippen LogP contribution in [0.25, 0.3) is 0 Å². The van der Waals surface area contributed by atoms with E-state index in [1.165, 1.54) is 0 Å². The van der Waals surface area contributed by atoms with Crippen LogP contribution in [0.2, 0.25) is 0 Å². The molecule has 1 aliphatic rings. The molecule has 1 unspecified atom stereocenters. The number of nitrogens with two attached hydrogens (primary N) is 1. The minimum atomic E-state index is -0.206. The van der Waals surface area contributed by atoms with Gasteiger partial charge < -0.3 is 21.1 Å². The second-order valence-corrected chi connectivity index (χ2v) is 4.63. The first-order chi connectivity index (χ1) is 8.58. The van der Waals surface area contributed by atoms with Crippen molar-refractivity contribution >= 4 is 17.4 Å². The zero-order valence-electron chi connectivity index (χ0n) is 10.7. The summed E-state index contributed by atoms with van der Waals surface area (Å²) in [5.41, 5.74) is 9.20. The monoisotopic (exact) mass is 249 g/mol. The van der Waals surface area contributed by atoms with Crippen molar-refractivity contribution in [1.82, 2.24) is 5.32 Å². The molecule has 0 radical (unpaired) electrons. The summed E-state index contributed by atoms with van der Waals surface area (Å²) in [7, 11) is 0. The van der Waals surface area contributed by atoms with Crippen LogP contribution in [0.4, 0.5) is 16.2 Å². The van der Waals surface area contributed by atoms with E-state index in [9.17, 15) is 4.79 Å². The minimum absolute atomic E-state index is 0.103. The third-order valence-electron chi connectivity index (χ3n) is 3.22. The highest BCUT2D eigenvalue weighted by molar-refractivity contribution is 5.92. The molecule has 0 saturated carbocycles. The largest absolute Gasteiger partial charge is 0.398 e. The summed E-state index contributed by atoms with van der Waals surface area (Å²) >= 11 is 0. The Morgan fingerprint density at radius 3 is 2.89 bits per heavy atom. The van der Waals surface area contributed by atoms with Gasteiger partial charge in [-0.05, 0) is 37.5 Å². The predicted molar refractivity (Wildman–Crippen MR) is 71.7 cm³/mol. The number of nitrogen functional groups attached to an aromatic ring is 1. The molecule has 1 saturated heterocycles. The Balaban J connectivity index is 2.04. The van der Waals surface area contributed by atoms with E-state index in [4.69, 9.17) is 10.5 Å². The molecule has 4 N–H and O–H groups in total. The Morgan fingerprint density at radius 2 is 2.22 bits per heavy atom. The quantitative estimate of drug-likeness (QED) is 0.699. The number of aryl methyl sites for hydroxylation is 1. The van der Waals surface area contributed by atoms with Crippen LogP contribution >= 0.6 is 0 Å². The molecule has 1 aromatic carbocycles. The van der Waals surface area contributed by atoms with Crippen LogP contribution in [0, 0.1) is 13.8 Å². The number of anilines is 2. The molecular formula is C13H19N3O2. The van der Waals surface area contributed by atoms with Gasteiger partial charge in [-0.15, -0.1) is 0 Å². The molecule has 1 atom stereocenters. The molecule has 5 nitrogen and oxygen atoms in total. The average molecular weight is 249 g/mol. The number of carbonyl (C=O) groups is 1. The van der Waals surface area contributed by atoms with Gasteiger partial charge in [-0.3, -0.25) is 0 Å². The maximum Gasteiger partial charge on any atom is 0.319 e. The fourth-order valence-electron chi connectivity index (χ4n) is 2.04. The molecule has 1 fully saturated rings. The number of hydrogen-bond acceptors (Lipinski definition) is 3. The normalized spacial score (nSPS) is 18.7. The minimum Gasteiger partial charge on any atom is -0.398 e. The second-order valence-electron chi connectivity index (χ2n) is 4.63. The van der Waals surface area contributed by atoms with Crippen molar-refractivity contribution in [3.05, 3.63) is 23.3 Å². The molecule has 1 aromatic rings. The molecule has 1 heterocycles. The molecule has 2 amide bonds. The van der Waals surface area contributed by atoms with Gasteiger partial charge >= 0.3 is 6.03 Å². The number of benzene rings is 1. The first kappa shape index (κ1) is 12.7. The Hall–Kier alpha value is -1.75. The molecule has 0 aromatic heterocycles. The predicted octanol–water partition coefficient (Wildman–Crippen LogP) is 1.80. The van der Waals surface area contributed by atoms with Crippen LogP contribution in [0.1, 0.15) is 17.5 Å². The molecule has 0 spiro atoms. The summed E-state index contributed by atoms with van der Waals surface area (Å²) in [6.07, 6.45) is 0.863. The summed E-state index contributed by atoms with van der Waals surface area (Å²) in [6, 6.07) is 3.64. The van der Waals surface area contributed by atoms with Crippen LogP contribution in [0.5, 0.6) is 0 Å². The van der Waals surface area contributed by atoms with Crippen molar-refractivity contribution in [3.63, 3.8) is 0 Å². The van der Waals surface area contributed by atoms with Crippen molar-refractivity contribution in [3.8, 4) is 0 Å². The van der Waals surface area contributed by atoms with Gasteiger partial charge in [-0.1, -0.05) is 6.07 Å². The first-order valence-electron chi connectivity index (χ1n) is 6.09. The fourth-order valence-corrected chi connectivity index (χ4v) is 2.04. The third kappa shape index (κ3) is 2.73. The van der Waals surface area contributed by atoms with Crippen LogP contribution in [-0.2, 0) is 4.74 Å². The summed E-state index contributed by atoms with van der Waals surface area (Å²) < 4.78 is 5.21. The van der Waals surface area contributed by atoms with Crippen molar-refractivity contribution in [2.45, 2.75) is 26.3 Å². The van der Waals surface area contributed by atoms with E-state index < -0.39 is 0 Å². The molecule has 5 heteroatoms. The average Bonchev–Trinajstić information content (AvgIpc) is 2.82. The number of ether oxygens (including phenoxy) is 1. The van der Waals surface area contributed by atoms with Gasteiger partial charge in [0.05, 0.1) is 18.3 Å². The SMILES string of the molecule is Cc1ccc(N)c(C)c1NC(=O)NC1CCOC1. The molecule has 98 valence electrons. The van der Waals surface area contributed by atoms with Gasteiger partial charge in [-0.25, -0.2) is 4.79 Å². The number of urea groups is 1. The van der Waals surface area contributed by atoms with Crippen LogP contribution < -0.4 is 16.4 Å². The lowest BCUT2D eigenvalue weighted by molar-refractivity contribution is 0.189. The van der Waals surface area contributed by atoms with Gasteiger partial charge in [-0.2, -0.15) is 0 Å². The highest BCUT2D eigenvalue weighted by atomic mass is 16.5. The lowest BCUT2D eigenvalue weighted by atomic mass is 10.1. The molecule has 0 bridgehead atoms. The highest BCUT2D eigenvalue weighted by Crippen LogP contribution is 2.25. The van der Waals surface area contributed by atoms with E-state index in [0.717, 1.165) is 23.2 Å². The number of carbonyl (C=O) groups excluding carboxylic acids is 1. The van der Waals surface area contributed by atoms with Crippen molar-refractivity contribution in [2.24, 2.45) is 0 Å². The zero-order valence-corrected chi connectivity index (χ0v) is 10.7. The summed E-state index contributed by atoms with van der Waals surface area (Å²) in [4.78, 5) is 11.9. The van der Waals surface area contributed by atoms with Gasteiger partial charge in [0.1, 0.15) is 0 Å². The highest BCUT2D eigenvalue weighted by Gasteiger charge is 2.18. The zero-order chi connectivity index (χ0) is 13.1. The molecule has 2 rings (SSSR count). The Labute approximate surface area is 107 Å². The van der Waals surface area contributed by atoms with E-state index in [0.29, 0.717) is 18.9 Å². The number of hydrogen-bond donors (Lipinski definition) is 3. The maximum absolute atomic E-state index is 11.9. The summed E-state index contributed by atoms with van der Waals surface area (Å²) in [5, 5.41) is 5.75. The Bertz CT molecular complexity index is 454. The number of rotatable bonds is 2. The topological polar surface area (TPSA) is 76.4 Å². The van der Waals surface area contributed by atoms with E-state index in [1.807, 2.05) is 26.0 Å². The van der Waals surface area contributed by atoms with E-state index in [2.05, 4.69) is 10.6 Å². The summed E-state index contributed by atoms with van der Waals surface area (Å²) in [5.74, 6) is 0. The second kappa shape index (κ2) is 5.27. The summed E-state index contributed by atoms with van der Waals surface area (Å²) in [6.45, 7) is 5.14. The van der Waals surface area contributed by atoms with E-state index in [-0.39, 0.29) is 12.1 Å². The van der Waals surface area contributed by atoms with Crippen LogP contribution in [0.15, 0.2) is 12.1 Å². The standard InChI is InChI=1S/C13H19N3O2/c1-8-3-4-11(14)9(2)12(8)16-13(17)15-10-5-6-18-7-10/h3-4,10H,5-7,14H2,1-2H3,(H2,15,16,17). The van der Waals surface area contributed by atoms with Crippen molar-refractivity contribution in [2.75, 3.05) is 24.3 Å². The van der Waals surface area contributed by atoms with Crippen molar-refractivity contribution in [1.29, 1.82) is 0 Å². The van der Waals surface area contributed by atoms with Gasteiger partial charge in [0.2, 0.25) is 0 Å². The number of nitrogens with one attached hydrogen (secondary N) is 2. The number of amides is 2. The maximum atomic E-state index is 11.9. The molecule has 1 aliphatic heterocycles. The van der Waals surface area contributed by atoms with Gasteiger partial charge in [0.15, 0.2) is 0 Å². The first-order valence-corrected chi connectivity index (χ1v) is 6.09. The molecule has 18 heavy (non-hydrogen) atoms. The van der Waals surface area contributed by atoms with Gasteiger partial charge in [0.25, 0.3) is 0 Å². The Morgan fingerprint density at radius 1 is 1.44 bits per heavy atom. The lowest BCUT2D eigenvalue weighted by Gasteiger charge is -2.16. The van der Waals surface area contributed by atoms with Crippen LogP contribution in [0.3, 0.4) is 0 Å². The van der Waals surface area contributed by atoms with Crippen molar-refractivity contribution < 1.29 is 9.53 Å². The third-order valence-corrected chi connectivity index (χ3v) is 3.22. The smallest absolute Gasteiger partial charge is 0.319 e. The van der Waals surface area contributed by atoms with E-state index in [1.54, 1.807) is 0 Å². The lowest BCUT2D eigenvalue weighted by Crippen LogP contribution is -2.38. The van der Waals surface area contributed by atoms with Gasteiger partial charge in [0, 0.05) is 12.3 Å². The Kier molecular flexibility index (Phi) is 3.72. The molecular weight excluding hydrogens is 230 g/mol. The molecule has 0 aliphatic carbocycles. The fraction of sp³-hybridized carbons (Fsp3) is 0.462.